The Balaban J connectivity index is 2.11. The van der Waals surface area contributed by atoms with Gasteiger partial charge in [0, 0.05) is 11.8 Å². The van der Waals surface area contributed by atoms with E-state index in [4.69, 9.17) is 0 Å². The summed E-state index contributed by atoms with van der Waals surface area (Å²) in [6.45, 7) is 3.90. The minimum atomic E-state index is -0.655. The van der Waals surface area contributed by atoms with Crippen LogP contribution in [0, 0.1) is 0 Å². The molecule has 1 unspecified atom stereocenters. The average molecular weight is 325 g/mol. The van der Waals surface area contributed by atoms with Crippen molar-refractivity contribution in [2.24, 2.45) is 5.10 Å². The molecule has 3 rings (SSSR count). The van der Waals surface area contributed by atoms with E-state index in [-0.39, 0.29) is 17.4 Å². The van der Waals surface area contributed by atoms with Crippen LogP contribution in [0.4, 0.5) is 5.69 Å². The Kier molecular flexibility index (Phi) is 4.12. The van der Waals surface area contributed by atoms with Gasteiger partial charge >= 0.3 is 0 Å². The number of para-hydroxylation sites is 1. The largest absolute Gasteiger partial charge is 0.508 e. The van der Waals surface area contributed by atoms with E-state index < -0.39 is 6.17 Å². The second kappa shape index (κ2) is 6.23. The molecule has 0 saturated carbocycles. The molecule has 0 saturated heterocycles. The molecule has 3 N–H and O–H groups in total. The molecular formula is C18H19N3O3. The van der Waals surface area contributed by atoms with Crippen molar-refractivity contribution in [1.82, 2.24) is 5.43 Å². The predicted molar refractivity (Wildman–Crippen MR) is 92.3 cm³/mol. The summed E-state index contributed by atoms with van der Waals surface area (Å²) in [6.07, 6.45) is 0.0997. The summed E-state index contributed by atoms with van der Waals surface area (Å²) in [5, 5.41) is 24.5. The number of carbonyl (C=O) groups is 1. The van der Waals surface area contributed by atoms with Gasteiger partial charge in [0.2, 0.25) is 0 Å². The van der Waals surface area contributed by atoms with Gasteiger partial charge in [0.25, 0.3) is 0 Å². The maximum Gasteiger partial charge on any atom is 0.177 e. The molecule has 6 nitrogen and oxygen atoms in total. The smallest absolute Gasteiger partial charge is 0.177 e. The SMILES string of the molecule is CC(C)c1cc(C2=NNC(C=O)N2c2ccccc2)c(O)cc1O. The number of phenolic OH excluding ortho intramolecular Hbond substituents is 2. The van der Waals surface area contributed by atoms with Gasteiger partial charge in [-0.3, -0.25) is 15.1 Å². The van der Waals surface area contributed by atoms with E-state index in [0.29, 0.717) is 17.0 Å². The van der Waals surface area contributed by atoms with Crippen molar-refractivity contribution >= 4 is 17.8 Å². The number of hydrogen-bond donors (Lipinski definition) is 3. The minimum absolute atomic E-state index is 0.0380. The van der Waals surface area contributed by atoms with E-state index in [2.05, 4.69) is 10.5 Å². The first-order chi connectivity index (χ1) is 11.5. The summed E-state index contributed by atoms with van der Waals surface area (Å²) in [4.78, 5) is 13.1. The molecule has 1 atom stereocenters. The number of benzene rings is 2. The van der Waals surface area contributed by atoms with E-state index in [0.717, 1.165) is 12.0 Å². The number of amidine groups is 1. The quantitative estimate of drug-likeness (QED) is 0.752. The van der Waals surface area contributed by atoms with Crippen molar-refractivity contribution in [2.45, 2.75) is 25.9 Å². The molecule has 1 heterocycles. The van der Waals surface area contributed by atoms with Crippen LogP contribution >= 0.6 is 0 Å². The fraction of sp³-hybridized carbons (Fsp3) is 0.222. The molecule has 1 aliphatic rings. The molecule has 0 spiro atoms. The van der Waals surface area contributed by atoms with Gasteiger partial charge < -0.3 is 10.2 Å². The highest BCUT2D eigenvalue weighted by Crippen LogP contribution is 2.34. The molecule has 6 heteroatoms. The molecule has 2 aromatic carbocycles. The van der Waals surface area contributed by atoms with Crippen molar-refractivity contribution < 1.29 is 15.0 Å². The number of carbonyl (C=O) groups excluding carboxylic acids is 1. The molecule has 0 radical (unpaired) electrons. The van der Waals surface area contributed by atoms with Crippen LogP contribution in [0.1, 0.15) is 30.9 Å². The maximum atomic E-state index is 11.4. The third-order valence-electron chi connectivity index (χ3n) is 3.98. The lowest BCUT2D eigenvalue weighted by atomic mass is 9.98. The van der Waals surface area contributed by atoms with Crippen molar-refractivity contribution in [3.8, 4) is 11.5 Å². The van der Waals surface area contributed by atoms with E-state index in [1.807, 2.05) is 44.2 Å². The van der Waals surface area contributed by atoms with Crippen LogP contribution < -0.4 is 10.3 Å². The third-order valence-corrected chi connectivity index (χ3v) is 3.98. The number of aldehydes is 1. The molecule has 0 aromatic heterocycles. The van der Waals surface area contributed by atoms with E-state index in [1.165, 1.54) is 6.07 Å². The first kappa shape index (κ1) is 15.9. The van der Waals surface area contributed by atoms with E-state index in [9.17, 15) is 15.0 Å². The van der Waals surface area contributed by atoms with Crippen LogP contribution in [0.15, 0.2) is 47.6 Å². The monoisotopic (exact) mass is 325 g/mol. The standard InChI is InChI=1S/C18H19N3O3/c1-11(2)13-8-14(16(24)9-15(13)23)18-20-19-17(10-22)21(18)12-6-4-3-5-7-12/h3-11,17,19,23-24H,1-2H3. The van der Waals surface area contributed by atoms with Gasteiger partial charge in [-0.15, -0.1) is 0 Å². The first-order valence-corrected chi connectivity index (χ1v) is 7.72. The molecule has 0 aliphatic carbocycles. The molecule has 0 amide bonds. The number of nitrogens with zero attached hydrogens (tertiary/aromatic N) is 2. The zero-order valence-corrected chi connectivity index (χ0v) is 13.5. The van der Waals surface area contributed by atoms with Crippen molar-refractivity contribution in [1.29, 1.82) is 0 Å². The molecule has 24 heavy (non-hydrogen) atoms. The Bertz CT molecular complexity index is 788. The zero-order valence-electron chi connectivity index (χ0n) is 13.5. The molecular weight excluding hydrogens is 306 g/mol. The van der Waals surface area contributed by atoms with Gasteiger partial charge in [-0.25, -0.2) is 0 Å². The van der Waals surface area contributed by atoms with Crippen molar-refractivity contribution in [3.05, 3.63) is 53.6 Å². The highest BCUT2D eigenvalue weighted by atomic mass is 16.3. The number of phenols is 2. The Morgan fingerprint density at radius 1 is 1.17 bits per heavy atom. The molecule has 0 fully saturated rings. The summed E-state index contributed by atoms with van der Waals surface area (Å²) in [6, 6.07) is 12.4. The Labute approximate surface area is 140 Å². The van der Waals surface area contributed by atoms with E-state index >= 15 is 0 Å². The van der Waals surface area contributed by atoms with Gasteiger partial charge in [-0.2, -0.15) is 5.10 Å². The van der Waals surface area contributed by atoms with Crippen LogP contribution in [0.25, 0.3) is 0 Å². The van der Waals surface area contributed by atoms with Gasteiger partial charge in [0.1, 0.15) is 11.5 Å². The third kappa shape index (κ3) is 2.67. The zero-order chi connectivity index (χ0) is 17.3. The van der Waals surface area contributed by atoms with Crippen LogP contribution in [-0.4, -0.2) is 28.5 Å². The number of hydrogen-bond acceptors (Lipinski definition) is 6. The number of anilines is 1. The summed E-state index contributed by atoms with van der Waals surface area (Å²) in [5.41, 5.74) is 4.70. The van der Waals surface area contributed by atoms with Crippen LogP contribution in [0.2, 0.25) is 0 Å². The fourth-order valence-electron chi connectivity index (χ4n) is 2.76. The summed E-state index contributed by atoms with van der Waals surface area (Å²) < 4.78 is 0. The molecule has 1 aliphatic heterocycles. The summed E-state index contributed by atoms with van der Waals surface area (Å²) in [7, 11) is 0. The normalized spacial score (nSPS) is 16.9. The number of rotatable bonds is 4. The Morgan fingerprint density at radius 2 is 1.88 bits per heavy atom. The minimum Gasteiger partial charge on any atom is -0.508 e. The first-order valence-electron chi connectivity index (χ1n) is 7.72. The summed E-state index contributed by atoms with van der Waals surface area (Å²) >= 11 is 0. The lowest BCUT2D eigenvalue weighted by molar-refractivity contribution is -0.109. The van der Waals surface area contributed by atoms with Crippen LogP contribution in [-0.2, 0) is 4.79 Å². The second-order valence-electron chi connectivity index (χ2n) is 5.93. The van der Waals surface area contributed by atoms with Crippen molar-refractivity contribution in [3.63, 3.8) is 0 Å². The number of nitrogens with one attached hydrogen (secondary N) is 1. The summed E-state index contributed by atoms with van der Waals surface area (Å²) in [5.74, 6) is 0.449. The van der Waals surface area contributed by atoms with Gasteiger partial charge in [-0.1, -0.05) is 32.0 Å². The topological polar surface area (TPSA) is 85.2 Å². The van der Waals surface area contributed by atoms with Gasteiger partial charge in [0.15, 0.2) is 18.3 Å². The lowest BCUT2D eigenvalue weighted by Gasteiger charge is -2.24. The van der Waals surface area contributed by atoms with Crippen LogP contribution in [0.5, 0.6) is 11.5 Å². The molecule has 124 valence electrons. The molecule has 2 aromatic rings. The second-order valence-corrected chi connectivity index (χ2v) is 5.93. The lowest BCUT2D eigenvalue weighted by Crippen LogP contribution is -2.41. The average Bonchev–Trinajstić information content (AvgIpc) is 2.99. The Hall–Kier alpha value is -3.02. The van der Waals surface area contributed by atoms with E-state index in [1.54, 1.807) is 11.0 Å². The fourth-order valence-corrected chi connectivity index (χ4v) is 2.76. The van der Waals surface area contributed by atoms with Gasteiger partial charge in [-0.05, 0) is 29.7 Å². The Morgan fingerprint density at radius 3 is 2.50 bits per heavy atom. The maximum absolute atomic E-state index is 11.4. The van der Waals surface area contributed by atoms with Crippen molar-refractivity contribution in [2.75, 3.05) is 4.90 Å². The highest BCUT2D eigenvalue weighted by Gasteiger charge is 2.31. The number of hydrazone groups is 1. The predicted octanol–water partition coefficient (Wildman–Crippen LogP) is 2.52. The number of aromatic hydroxyl groups is 2. The molecule has 0 bridgehead atoms. The van der Waals surface area contributed by atoms with Gasteiger partial charge in [0.05, 0.1) is 5.56 Å². The highest BCUT2D eigenvalue weighted by molar-refractivity contribution is 6.14. The van der Waals surface area contributed by atoms with Crippen LogP contribution in [0.3, 0.4) is 0 Å².